The van der Waals surface area contributed by atoms with Crippen molar-refractivity contribution in [3.05, 3.63) is 65.0 Å². The highest BCUT2D eigenvalue weighted by atomic mass is 19.1. The maximum atomic E-state index is 13.8. The second-order valence-corrected chi connectivity index (χ2v) is 4.56. The summed E-state index contributed by atoms with van der Waals surface area (Å²) in [6, 6.07) is 12.4. The number of halogens is 1. The van der Waals surface area contributed by atoms with Crippen LogP contribution in [0.3, 0.4) is 0 Å². The molecule has 100 valence electrons. The maximum Gasteiger partial charge on any atom is 0.139 e. The highest BCUT2D eigenvalue weighted by Crippen LogP contribution is 2.27. The summed E-state index contributed by atoms with van der Waals surface area (Å²) in [6.45, 7) is 4.23. The summed E-state index contributed by atoms with van der Waals surface area (Å²) in [5.74, 6) is 0.460. The number of benzene rings is 2. The number of rotatable bonds is 4. The third kappa shape index (κ3) is 2.93. The van der Waals surface area contributed by atoms with Crippen molar-refractivity contribution >= 4 is 0 Å². The Kier molecular flexibility index (Phi) is 4.17. The summed E-state index contributed by atoms with van der Waals surface area (Å²) in [7, 11) is 0. The summed E-state index contributed by atoms with van der Waals surface area (Å²) in [5.41, 5.74) is 8.40. The van der Waals surface area contributed by atoms with Crippen LogP contribution in [0.4, 0.5) is 4.39 Å². The molecule has 2 nitrogen and oxygen atoms in total. The third-order valence-corrected chi connectivity index (χ3v) is 3.29. The molecular weight excluding hydrogens is 241 g/mol. The van der Waals surface area contributed by atoms with E-state index < -0.39 is 6.10 Å². The fraction of sp³-hybridized carbons (Fsp3) is 0.250. The van der Waals surface area contributed by atoms with Gasteiger partial charge in [-0.1, -0.05) is 30.3 Å². The number of nitrogens with two attached hydrogens (primary N) is 1. The molecule has 2 N–H and O–H groups in total. The molecule has 2 aromatic carbocycles. The van der Waals surface area contributed by atoms with E-state index in [-0.39, 0.29) is 12.4 Å². The van der Waals surface area contributed by atoms with Crippen LogP contribution in [-0.4, -0.2) is 6.54 Å². The lowest BCUT2D eigenvalue weighted by Crippen LogP contribution is -2.20. The van der Waals surface area contributed by atoms with Crippen molar-refractivity contribution in [2.75, 3.05) is 6.54 Å². The Bertz CT molecular complexity index is 568. The Morgan fingerprint density at radius 3 is 2.53 bits per heavy atom. The average molecular weight is 259 g/mol. The van der Waals surface area contributed by atoms with Crippen LogP contribution < -0.4 is 10.5 Å². The molecular formula is C16H18FNO. The van der Waals surface area contributed by atoms with Gasteiger partial charge in [-0.3, -0.25) is 0 Å². The molecule has 0 amide bonds. The van der Waals surface area contributed by atoms with Crippen LogP contribution in [0.15, 0.2) is 42.5 Å². The predicted molar refractivity (Wildman–Crippen MR) is 74.7 cm³/mol. The molecule has 2 rings (SSSR count). The number of hydrogen-bond donors (Lipinski definition) is 1. The molecule has 0 aromatic heterocycles. The molecule has 0 aliphatic carbocycles. The van der Waals surface area contributed by atoms with E-state index in [2.05, 4.69) is 0 Å². The van der Waals surface area contributed by atoms with Gasteiger partial charge in [-0.25, -0.2) is 4.39 Å². The lowest BCUT2D eigenvalue weighted by molar-refractivity contribution is 0.207. The summed E-state index contributed by atoms with van der Waals surface area (Å²) < 4.78 is 19.7. The Morgan fingerprint density at radius 2 is 1.84 bits per heavy atom. The van der Waals surface area contributed by atoms with Crippen molar-refractivity contribution in [3.63, 3.8) is 0 Å². The fourth-order valence-electron chi connectivity index (χ4n) is 1.98. The third-order valence-electron chi connectivity index (χ3n) is 3.29. The minimum atomic E-state index is -0.471. The Morgan fingerprint density at radius 1 is 1.11 bits per heavy atom. The van der Waals surface area contributed by atoms with Crippen molar-refractivity contribution < 1.29 is 9.13 Å². The molecule has 0 aliphatic rings. The van der Waals surface area contributed by atoms with E-state index in [1.807, 2.05) is 32.0 Å². The largest absolute Gasteiger partial charge is 0.484 e. The minimum Gasteiger partial charge on any atom is -0.484 e. The van der Waals surface area contributed by atoms with Crippen LogP contribution >= 0.6 is 0 Å². The Labute approximate surface area is 113 Å². The summed E-state index contributed by atoms with van der Waals surface area (Å²) >= 11 is 0. The summed E-state index contributed by atoms with van der Waals surface area (Å²) in [6.07, 6.45) is -0.471. The molecule has 3 heteroatoms. The van der Waals surface area contributed by atoms with E-state index >= 15 is 0 Å². The van der Waals surface area contributed by atoms with Crippen molar-refractivity contribution in [1.29, 1.82) is 0 Å². The van der Waals surface area contributed by atoms with E-state index in [1.165, 1.54) is 6.07 Å². The van der Waals surface area contributed by atoms with Gasteiger partial charge >= 0.3 is 0 Å². The first kappa shape index (κ1) is 13.6. The van der Waals surface area contributed by atoms with Gasteiger partial charge in [0, 0.05) is 12.1 Å². The average Bonchev–Trinajstić information content (AvgIpc) is 2.41. The highest BCUT2D eigenvalue weighted by molar-refractivity contribution is 5.39. The Balaban J connectivity index is 2.30. The van der Waals surface area contributed by atoms with Gasteiger partial charge < -0.3 is 10.5 Å². The minimum absolute atomic E-state index is 0.230. The second kappa shape index (κ2) is 5.85. The van der Waals surface area contributed by atoms with Crippen LogP contribution in [0.1, 0.15) is 22.8 Å². The van der Waals surface area contributed by atoms with Gasteiger partial charge in [0.05, 0.1) is 0 Å². The highest BCUT2D eigenvalue weighted by Gasteiger charge is 2.16. The van der Waals surface area contributed by atoms with Gasteiger partial charge in [-0.15, -0.1) is 0 Å². The van der Waals surface area contributed by atoms with Crippen molar-refractivity contribution in [1.82, 2.24) is 0 Å². The SMILES string of the molecule is Cc1cccc(OC(CN)c2ccccc2F)c1C. The predicted octanol–water partition coefficient (Wildman–Crippen LogP) is 3.52. The quantitative estimate of drug-likeness (QED) is 0.911. The lowest BCUT2D eigenvalue weighted by atomic mass is 10.1. The van der Waals surface area contributed by atoms with E-state index in [0.29, 0.717) is 5.56 Å². The lowest BCUT2D eigenvalue weighted by Gasteiger charge is -2.20. The normalized spacial score (nSPS) is 12.2. The first-order valence-electron chi connectivity index (χ1n) is 6.31. The molecule has 0 spiro atoms. The first-order chi connectivity index (χ1) is 9.13. The molecule has 2 aromatic rings. The second-order valence-electron chi connectivity index (χ2n) is 4.56. The molecule has 0 fully saturated rings. The van der Waals surface area contributed by atoms with Crippen LogP contribution in [-0.2, 0) is 0 Å². The standard InChI is InChI=1S/C16H18FNO/c1-11-6-5-9-15(12(11)2)19-16(10-18)13-7-3-4-8-14(13)17/h3-9,16H,10,18H2,1-2H3. The number of hydrogen-bond acceptors (Lipinski definition) is 2. The van der Waals surface area contributed by atoms with Crippen molar-refractivity contribution in [2.45, 2.75) is 20.0 Å². The molecule has 0 aliphatic heterocycles. The van der Waals surface area contributed by atoms with Crippen LogP contribution in [0.5, 0.6) is 5.75 Å². The van der Waals surface area contributed by atoms with Crippen LogP contribution in [0.25, 0.3) is 0 Å². The molecule has 0 saturated carbocycles. The monoisotopic (exact) mass is 259 g/mol. The van der Waals surface area contributed by atoms with Gasteiger partial charge in [0.2, 0.25) is 0 Å². The van der Waals surface area contributed by atoms with E-state index in [9.17, 15) is 4.39 Å². The molecule has 0 saturated heterocycles. The van der Waals surface area contributed by atoms with Gasteiger partial charge in [0.15, 0.2) is 0 Å². The molecule has 0 bridgehead atoms. The van der Waals surface area contributed by atoms with E-state index in [1.54, 1.807) is 18.2 Å². The van der Waals surface area contributed by atoms with E-state index in [0.717, 1.165) is 16.9 Å². The summed E-state index contributed by atoms with van der Waals surface area (Å²) in [5, 5.41) is 0. The number of ether oxygens (including phenoxy) is 1. The molecule has 19 heavy (non-hydrogen) atoms. The van der Waals surface area contributed by atoms with Crippen molar-refractivity contribution in [2.24, 2.45) is 5.73 Å². The topological polar surface area (TPSA) is 35.2 Å². The summed E-state index contributed by atoms with van der Waals surface area (Å²) in [4.78, 5) is 0. The van der Waals surface area contributed by atoms with Crippen LogP contribution in [0.2, 0.25) is 0 Å². The Hall–Kier alpha value is -1.87. The molecule has 0 heterocycles. The van der Waals surface area contributed by atoms with Crippen LogP contribution in [0, 0.1) is 19.7 Å². The van der Waals surface area contributed by atoms with Gasteiger partial charge in [-0.2, -0.15) is 0 Å². The molecule has 0 radical (unpaired) electrons. The van der Waals surface area contributed by atoms with E-state index in [4.69, 9.17) is 10.5 Å². The van der Waals surface area contributed by atoms with Gasteiger partial charge in [0.1, 0.15) is 17.7 Å². The van der Waals surface area contributed by atoms with Crippen molar-refractivity contribution in [3.8, 4) is 5.75 Å². The zero-order chi connectivity index (χ0) is 13.8. The fourth-order valence-corrected chi connectivity index (χ4v) is 1.98. The zero-order valence-electron chi connectivity index (χ0n) is 11.2. The maximum absolute atomic E-state index is 13.8. The first-order valence-corrected chi connectivity index (χ1v) is 6.31. The van der Waals surface area contributed by atoms with Gasteiger partial charge in [0.25, 0.3) is 0 Å². The molecule has 1 atom stereocenters. The number of aryl methyl sites for hydroxylation is 1. The smallest absolute Gasteiger partial charge is 0.139 e. The van der Waals surface area contributed by atoms with Gasteiger partial charge in [-0.05, 0) is 37.1 Å². The zero-order valence-corrected chi connectivity index (χ0v) is 11.2. The molecule has 1 unspecified atom stereocenters.